The van der Waals surface area contributed by atoms with Crippen LogP contribution in [0.15, 0.2) is 24.4 Å². The molecule has 2 N–H and O–H groups in total. The Hall–Kier alpha value is -3.25. The van der Waals surface area contributed by atoms with Gasteiger partial charge in [-0.3, -0.25) is 0 Å². The van der Waals surface area contributed by atoms with E-state index in [1.54, 1.807) is 30.0 Å². The van der Waals surface area contributed by atoms with Crippen LogP contribution in [0.2, 0.25) is 0 Å². The predicted octanol–water partition coefficient (Wildman–Crippen LogP) is 2.66. The van der Waals surface area contributed by atoms with Gasteiger partial charge in [0.2, 0.25) is 0 Å². The fraction of sp³-hybridized carbons (Fsp3) is 0.429. The fourth-order valence-electron chi connectivity index (χ4n) is 3.86. The quantitative estimate of drug-likeness (QED) is 0.671. The summed E-state index contributed by atoms with van der Waals surface area (Å²) in [7, 11) is 1.63. The van der Waals surface area contributed by atoms with E-state index in [0.717, 1.165) is 24.3 Å². The largest absolute Gasteiger partial charge is 0.495 e. The van der Waals surface area contributed by atoms with E-state index in [4.69, 9.17) is 9.84 Å². The minimum atomic E-state index is -0.946. The van der Waals surface area contributed by atoms with Crippen LogP contribution in [0, 0.1) is 11.3 Å². The minimum absolute atomic E-state index is 0.363. The van der Waals surface area contributed by atoms with Gasteiger partial charge in [0, 0.05) is 18.5 Å². The summed E-state index contributed by atoms with van der Waals surface area (Å²) in [6, 6.07) is 7.09. The maximum atomic E-state index is 14.2. The molecule has 30 heavy (non-hydrogen) atoms. The monoisotopic (exact) mass is 407 g/mol. The summed E-state index contributed by atoms with van der Waals surface area (Å²) >= 11 is 0. The number of nitrogens with zero attached hydrogens (tertiary/aromatic N) is 5. The zero-order valence-corrected chi connectivity index (χ0v) is 16.6. The number of fused-ring (bicyclic) bond motifs is 1. The van der Waals surface area contributed by atoms with E-state index in [-0.39, 0.29) is 6.04 Å². The first-order valence-corrected chi connectivity index (χ1v) is 10.1. The number of rotatable bonds is 5. The van der Waals surface area contributed by atoms with Gasteiger partial charge in [0.05, 0.1) is 24.9 Å². The summed E-state index contributed by atoms with van der Waals surface area (Å²) in [5.74, 6) is 1.63. The lowest BCUT2D eigenvalue weighted by atomic mass is 10.1. The molecule has 2 atom stereocenters. The van der Waals surface area contributed by atoms with Crippen molar-refractivity contribution in [1.29, 1.82) is 5.26 Å². The molecule has 0 aromatic carbocycles. The van der Waals surface area contributed by atoms with E-state index in [1.165, 1.54) is 0 Å². The van der Waals surface area contributed by atoms with Crippen LogP contribution in [0.4, 0.5) is 10.2 Å². The number of anilines is 1. The third-order valence-electron chi connectivity index (χ3n) is 5.66. The number of pyridine rings is 1. The van der Waals surface area contributed by atoms with Crippen molar-refractivity contribution >= 4 is 11.5 Å². The highest BCUT2D eigenvalue weighted by atomic mass is 19.1. The number of methoxy groups -OCH3 is 1. The molecule has 1 saturated heterocycles. The number of halogens is 1. The highest BCUT2D eigenvalue weighted by molar-refractivity contribution is 5.68. The predicted molar refractivity (Wildman–Crippen MR) is 109 cm³/mol. The number of alkyl halides is 1. The summed E-state index contributed by atoms with van der Waals surface area (Å²) in [6.07, 6.45) is 3.34. The molecular formula is C21H22FN7O. The standard InChI is InChI=1S/C21H22FN7O/c1-30-17-8-19-25-11-16(29(19)28-21(17)12-2-3-12)20-13(9-23)4-5-18(27-20)26-15-10-24-7-6-14(15)22/h4-5,8,11-12,14-15,24H,2-3,6-7,10H2,1H3,(H,26,27). The molecule has 0 radical (unpaired) electrons. The molecule has 154 valence electrons. The number of aromatic nitrogens is 4. The number of hydrogen-bond donors (Lipinski definition) is 2. The number of hydrogen-bond acceptors (Lipinski definition) is 7. The first-order valence-electron chi connectivity index (χ1n) is 10.1. The van der Waals surface area contributed by atoms with E-state index < -0.39 is 6.17 Å². The molecule has 5 rings (SSSR count). The number of nitrogens with one attached hydrogen (secondary N) is 2. The summed E-state index contributed by atoms with van der Waals surface area (Å²) < 4.78 is 21.4. The molecule has 3 aromatic heterocycles. The van der Waals surface area contributed by atoms with Crippen molar-refractivity contribution in [3.63, 3.8) is 0 Å². The SMILES string of the molecule is COc1cc2ncc(-c3nc(NC4CNCCC4F)ccc3C#N)n2nc1C1CC1. The van der Waals surface area contributed by atoms with Crippen LogP contribution < -0.4 is 15.4 Å². The first kappa shape index (κ1) is 18.8. The smallest absolute Gasteiger partial charge is 0.157 e. The van der Waals surface area contributed by atoms with Gasteiger partial charge in [-0.15, -0.1) is 0 Å². The normalized spacial score (nSPS) is 21.4. The molecule has 1 saturated carbocycles. The minimum Gasteiger partial charge on any atom is -0.495 e. The first-order chi connectivity index (χ1) is 14.7. The Labute approximate surface area is 173 Å². The van der Waals surface area contributed by atoms with Crippen molar-refractivity contribution in [3.05, 3.63) is 35.7 Å². The molecular weight excluding hydrogens is 385 g/mol. The van der Waals surface area contributed by atoms with E-state index in [9.17, 15) is 9.65 Å². The molecule has 8 nitrogen and oxygen atoms in total. The summed E-state index contributed by atoms with van der Waals surface area (Å²) in [6.45, 7) is 1.20. The highest BCUT2D eigenvalue weighted by Gasteiger charge is 2.30. The third-order valence-corrected chi connectivity index (χ3v) is 5.66. The second kappa shape index (κ2) is 7.54. The van der Waals surface area contributed by atoms with Gasteiger partial charge in [-0.05, 0) is 37.9 Å². The van der Waals surface area contributed by atoms with Crippen molar-refractivity contribution in [2.75, 3.05) is 25.5 Å². The lowest BCUT2D eigenvalue weighted by Gasteiger charge is -2.28. The second-order valence-electron chi connectivity index (χ2n) is 7.75. The van der Waals surface area contributed by atoms with E-state index in [2.05, 4.69) is 26.7 Å². The molecule has 1 aliphatic carbocycles. The van der Waals surface area contributed by atoms with Gasteiger partial charge >= 0.3 is 0 Å². The van der Waals surface area contributed by atoms with Gasteiger partial charge in [0.1, 0.15) is 40.9 Å². The average Bonchev–Trinajstić information content (AvgIpc) is 3.54. The molecule has 2 fully saturated rings. The van der Waals surface area contributed by atoms with Gasteiger partial charge in [-0.2, -0.15) is 10.4 Å². The fourth-order valence-corrected chi connectivity index (χ4v) is 3.86. The van der Waals surface area contributed by atoms with E-state index in [0.29, 0.717) is 53.8 Å². The zero-order valence-electron chi connectivity index (χ0n) is 16.6. The van der Waals surface area contributed by atoms with Crippen molar-refractivity contribution in [3.8, 4) is 23.2 Å². The van der Waals surface area contributed by atoms with Crippen LogP contribution in [0.1, 0.15) is 36.4 Å². The molecule has 1 aliphatic heterocycles. The van der Waals surface area contributed by atoms with Crippen LogP contribution in [-0.2, 0) is 0 Å². The Balaban J connectivity index is 1.56. The van der Waals surface area contributed by atoms with Crippen molar-refractivity contribution < 1.29 is 9.13 Å². The third kappa shape index (κ3) is 3.33. The molecule has 3 aromatic rings. The van der Waals surface area contributed by atoms with Crippen LogP contribution >= 0.6 is 0 Å². The second-order valence-corrected chi connectivity index (χ2v) is 7.75. The van der Waals surface area contributed by atoms with Crippen LogP contribution in [-0.4, -0.2) is 52.0 Å². The molecule has 4 heterocycles. The lowest BCUT2D eigenvalue weighted by molar-refractivity contribution is 0.241. The Bertz CT molecular complexity index is 1130. The maximum Gasteiger partial charge on any atom is 0.157 e. The van der Waals surface area contributed by atoms with Gasteiger partial charge in [0.25, 0.3) is 0 Å². The highest BCUT2D eigenvalue weighted by Crippen LogP contribution is 2.43. The lowest BCUT2D eigenvalue weighted by Crippen LogP contribution is -2.46. The van der Waals surface area contributed by atoms with Crippen LogP contribution in [0.3, 0.4) is 0 Å². The topological polar surface area (TPSA) is 100 Å². The Kier molecular flexibility index (Phi) is 4.71. The van der Waals surface area contributed by atoms with Gasteiger partial charge in [-0.25, -0.2) is 18.9 Å². The molecule has 0 spiro atoms. The molecule has 0 amide bonds. The van der Waals surface area contributed by atoms with E-state index in [1.807, 2.05) is 6.07 Å². The van der Waals surface area contributed by atoms with Crippen molar-refractivity contribution in [2.24, 2.45) is 0 Å². The Morgan fingerprint density at radius 1 is 1.33 bits per heavy atom. The molecule has 9 heteroatoms. The number of imidazole rings is 1. The number of ether oxygens (including phenoxy) is 1. The molecule has 0 bridgehead atoms. The maximum absolute atomic E-state index is 14.2. The molecule has 2 unspecified atom stereocenters. The van der Waals surface area contributed by atoms with Gasteiger partial charge in [0.15, 0.2) is 5.65 Å². The average molecular weight is 407 g/mol. The van der Waals surface area contributed by atoms with Crippen molar-refractivity contribution in [2.45, 2.75) is 37.4 Å². The summed E-state index contributed by atoms with van der Waals surface area (Å²) in [5, 5.41) is 20.7. The van der Waals surface area contributed by atoms with Crippen LogP contribution in [0.5, 0.6) is 5.75 Å². The Morgan fingerprint density at radius 2 is 2.20 bits per heavy atom. The Morgan fingerprint density at radius 3 is 2.93 bits per heavy atom. The summed E-state index contributed by atoms with van der Waals surface area (Å²) in [4.78, 5) is 9.08. The van der Waals surface area contributed by atoms with Gasteiger partial charge in [-0.1, -0.05) is 0 Å². The number of piperidine rings is 1. The van der Waals surface area contributed by atoms with Crippen LogP contribution in [0.25, 0.3) is 17.0 Å². The summed E-state index contributed by atoms with van der Waals surface area (Å²) in [5.41, 5.74) is 3.01. The van der Waals surface area contributed by atoms with Gasteiger partial charge < -0.3 is 15.4 Å². The van der Waals surface area contributed by atoms with E-state index >= 15 is 0 Å². The number of nitriles is 1. The van der Waals surface area contributed by atoms with Crippen molar-refractivity contribution in [1.82, 2.24) is 24.9 Å². The molecule has 2 aliphatic rings. The zero-order chi connectivity index (χ0) is 20.7.